The Balaban J connectivity index is 1.93. The molecule has 1 aliphatic rings. The molecule has 2 amide bonds. The van der Waals surface area contributed by atoms with E-state index >= 15 is 0 Å². The Morgan fingerprint density at radius 3 is 2.65 bits per heavy atom. The third-order valence-electron chi connectivity index (χ3n) is 3.92. The summed E-state index contributed by atoms with van der Waals surface area (Å²) in [6.45, 7) is 1.78. The molecule has 7 heteroatoms. The second-order valence-electron chi connectivity index (χ2n) is 5.76. The van der Waals surface area contributed by atoms with Crippen LogP contribution in [0.2, 0.25) is 5.02 Å². The zero-order valence-corrected chi connectivity index (χ0v) is 13.8. The molecule has 0 bridgehead atoms. The smallest absolute Gasteiger partial charge is 0.252 e. The van der Waals surface area contributed by atoms with Gasteiger partial charge in [0.25, 0.3) is 5.91 Å². The largest absolute Gasteiger partial charge is 0.376 e. The minimum absolute atomic E-state index is 0.0274. The quantitative estimate of drug-likeness (QED) is 0.740. The van der Waals surface area contributed by atoms with E-state index in [0.29, 0.717) is 16.3 Å². The maximum absolute atomic E-state index is 12.0. The topological polar surface area (TPSA) is 94.0 Å². The van der Waals surface area contributed by atoms with Crippen molar-refractivity contribution < 1.29 is 9.59 Å². The van der Waals surface area contributed by atoms with E-state index in [0.717, 1.165) is 12.8 Å². The zero-order chi connectivity index (χ0) is 17.0. The molecule has 0 radical (unpaired) electrons. The molecule has 0 aliphatic heterocycles. The highest BCUT2D eigenvalue weighted by Crippen LogP contribution is 2.39. The first kappa shape index (κ1) is 17.1. The van der Waals surface area contributed by atoms with Crippen LogP contribution in [-0.2, 0) is 4.79 Å². The van der Waals surface area contributed by atoms with Crippen molar-refractivity contribution in [2.24, 2.45) is 5.92 Å². The van der Waals surface area contributed by atoms with Crippen molar-refractivity contribution in [2.75, 3.05) is 18.9 Å². The fourth-order valence-corrected chi connectivity index (χ4v) is 2.61. The molecule has 122 valence electrons. The van der Waals surface area contributed by atoms with Crippen LogP contribution in [0.5, 0.6) is 0 Å². The molecule has 1 aliphatic carbocycles. The van der Waals surface area contributed by atoms with Crippen LogP contribution in [0.4, 0.5) is 5.69 Å². The maximum atomic E-state index is 12.0. The summed E-state index contributed by atoms with van der Waals surface area (Å²) in [5, 5.41) is 17.7. The summed E-state index contributed by atoms with van der Waals surface area (Å²) in [6, 6.07) is 7.03. The van der Waals surface area contributed by atoms with E-state index in [1.165, 1.54) is 7.05 Å². The molecule has 0 aromatic heterocycles. The number of carbonyl (C=O) groups excluding carboxylic acids is 2. The third kappa shape index (κ3) is 4.14. The minimum Gasteiger partial charge on any atom is -0.376 e. The average Bonchev–Trinajstić information content (AvgIpc) is 3.37. The molecule has 0 saturated heterocycles. The third-order valence-corrected chi connectivity index (χ3v) is 4.23. The van der Waals surface area contributed by atoms with E-state index in [1.807, 2.05) is 0 Å². The summed E-state index contributed by atoms with van der Waals surface area (Å²) in [4.78, 5) is 23.6. The van der Waals surface area contributed by atoms with Crippen LogP contribution in [0.1, 0.15) is 30.1 Å². The maximum Gasteiger partial charge on any atom is 0.252 e. The summed E-state index contributed by atoms with van der Waals surface area (Å²) in [5.41, 5.74) is 0.192. The van der Waals surface area contributed by atoms with Gasteiger partial charge in [-0.2, -0.15) is 5.26 Å². The molecule has 0 heterocycles. The van der Waals surface area contributed by atoms with Crippen molar-refractivity contribution in [1.82, 2.24) is 10.6 Å². The summed E-state index contributed by atoms with van der Waals surface area (Å²) in [7, 11) is 1.53. The van der Waals surface area contributed by atoms with Gasteiger partial charge in [0.15, 0.2) is 0 Å². The molecule has 6 nitrogen and oxygen atoms in total. The van der Waals surface area contributed by atoms with E-state index in [1.54, 1.807) is 25.1 Å². The predicted molar refractivity (Wildman–Crippen MR) is 88.2 cm³/mol. The number of halogens is 1. The van der Waals surface area contributed by atoms with Crippen LogP contribution in [0, 0.1) is 17.2 Å². The lowest BCUT2D eigenvalue weighted by Gasteiger charge is -2.23. The molecule has 1 atom stereocenters. The van der Waals surface area contributed by atoms with Gasteiger partial charge in [-0.1, -0.05) is 11.6 Å². The molecule has 1 aromatic carbocycles. The number of carbonyl (C=O) groups is 2. The summed E-state index contributed by atoms with van der Waals surface area (Å²) in [5.74, 6) is -0.293. The predicted octanol–water partition coefficient (Wildman–Crippen LogP) is 1.92. The molecular weight excluding hydrogens is 316 g/mol. The number of rotatable bonds is 6. The van der Waals surface area contributed by atoms with Crippen LogP contribution in [0.15, 0.2) is 18.2 Å². The van der Waals surface area contributed by atoms with Crippen LogP contribution in [0.25, 0.3) is 0 Å². The Kier molecular flexibility index (Phi) is 5.12. The lowest BCUT2D eigenvalue weighted by molar-refractivity contribution is -0.120. The standard InChI is InChI=1S/C16H19ClN4O2/c1-16(9-18,10-3-4-10)21-14(22)8-20-11-5-6-12(13(17)7-11)15(23)19-2/h5-7,10,20H,3-4,8H2,1-2H3,(H,19,23)(H,21,22)/t16-/m0/s1. The molecule has 0 unspecified atom stereocenters. The first-order chi connectivity index (χ1) is 10.9. The Morgan fingerprint density at radius 1 is 1.43 bits per heavy atom. The van der Waals surface area contributed by atoms with Gasteiger partial charge in [0.05, 0.1) is 23.2 Å². The number of benzene rings is 1. The first-order valence-corrected chi connectivity index (χ1v) is 7.75. The number of nitrogens with zero attached hydrogens (tertiary/aromatic N) is 1. The van der Waals surface area contributed by atoms with Crippen LogP contribution < -0.4 is 16.0 Å². The van der Waals surface area contributed by atoms with Crippen LogP contribution >= 0.6 is 11.6 Å². The highest BCUT2D eigenvalue weighted by atomic mass is 35.5. The van der Waals surface area contributed by atoms with Gasteiger partial charge in [0, 0.05) is 12.7 Å². The normalized spacial score (nSPS) is 15.9. The van der Waals surface area contributed by atoms with Gasteiger partial charge >= 0.3 is 0 Å². The molecular formula is C16H19ClN4O2. The van der Waals surface area contributed by atoms with Crippen LogP contribution in [0.3, 0.4) is 0 Å². The van der Waals surface area contributed by atoms with Crippen molar-refractivity contribution in [2.45, 2.75) is 25.3 Å². The summed E-state index contributed by atoms with van der Waals surface area (Å²) in [6.07, 6.45) is 1.93. The molecule has 1 fully saturated rings. The lowest BCUT2D eigenvalue weighted by Crippen LogP contribution is -2.48. The Hall–Kier alpha value is -2.26. The average molecular weight is 335 g/mol. The lowest BCUT2D eigenvalue weighted by atomic mass is 9.98. The minimum atomic E-state index is -0.806. The van der Waals surface area contributed by atoms with Gasteiger partial charge in [0.2, 0.25) is 5.91 Å². The molecule has 2 rings (SSSR count). The van der Waals surface area contributed by atoms with E-state index in [9.17, 15) is 14.9 Å². The SMILES string of the molecule is CNC(=O)c1ccc(NCC(=O)N[C@@](C)(C#N)C2CC2)cc1Cl. The van der Waals surface area contributed by atoms with Crippen molar-refractivity contribution in [3.8, 4) is 6.07 Å². The first-order valence-electron chi connectivity index (χ1n) is 7.37. The fraction of sp³-hybridized carbons (Fsp3) is 0.438. The van der Waals surface area contributed by atoms with Crippen molar-refractivity contribution >= 4 is 29.1 Å². The fourth-order valence-electron chi connectivity index (χ4n) is 2.34. The molecule has 23 heavy (non-hydrogen) atoms. The van der Waals surface area contributed by atoms with Gasteiger partial charge in [-0.25, -0.2) is 0 Å². The number of hydrogen-bond acceptors (Lipinski definition) is 4. The molecule has 0 spiro atoms. The molecule has 3 N–H and O–H groups in total. The van der Waals surface area contributed by atoms with Gasteiger partial charge in [-0.3, -0.25) is 9.59 Å². The zero-order valence-electron chi connectivity index (χ0n) is 13.1. The monoisotopic (exact) mass is 334 g/mol. The van der Waals surface area contributed by atoms with E-state index in [2.05, 4.69) is 22.0 Å². The van der Waals surface area contributed by atoms with E-state index in [4.69, 9.17) is 11.6 Å². The number of hydrogen-bond donors (Lipinski definition) is 3. The van der Waals surface area contributed by atoms with Crippen molar-refractivity contribution in [3.63, 3.8) is 0 Å². The second kappa shape index (κ2) is 6.88. The number of nitriles is 1. The summed E-state index contributed by atoms with van der Waals surface area (Å²) >= 11 is 6.05. The van der Waals surface area contributed by atoms with Crippen molar-refractivity contribution in [3.05, 3.63) is 28.8 Å². The van der Waals surface area contributed by atoms with Gasteiger partial charge < -0.3 is 16.0 Å². The van der Waals surface area contributed by atoms with E-state index in [-0.39, 0.29) is 24.3 Å². The second-order valence-corrected chi connectivity index (χ2v) is 6.17. The van der Waals surface area contributed by atoms with Crippen molar-refractivity contribution in [1.29, 1.82) is 5.26 Å². The highest BCUT2D eigenvalue weighted by molar-refractivity contribution is 6.34. The molecule has 1 aromatic rings. The number of nitrogens with one attached hydrogen (secondary N) is 3. The Morgan fingerprint density at radius 2 is 2.13 bits per heavy atom. The van der Waals surface area contributed by atoms with Gasteiger partial charge in [-0.15, -0.1) is 0 Å². The van der Waals surface area contributed by atoms with Crippen LogP contribution in [-0.4, -0.2) is 30.9 Å². The Bertz CT molecular complexity index is 667. The summed E-state index contributed by atoms with van der Waals surface area (Å²) < 4.78 is 0. The highest BCUT2D eigenvalue weighted by Gasteiger charge is 2.42. The van der Waals surface area contributed by atoms with E-state index < -0.39 is 5.54 Å². The number of anilines is 1. The van der Waals surface area contributed by atoms with Gasteiger partial charge in [-0.05, 0) is 43.9 Å². The number of amides is 2. The molecule has 1 saturated carbocycles. The Labute approximate surface area is 140 Å². The van der Waals surface area contributed by atoms with Gasteiger partial charge in [0.1, 0.15) is 5.54 Å².